The summed E-state index contributed by atoms with van der Waals surface area (Å²) in [5.41, 5.74) is 0. The first-order chi connectivity index (χ1) is 52.1. The van der Waals surface area contributed by atoms with E-state index >= 15 is 0 Å². The molecule has 634 valence electrons. The van der Waals surface area contributed by atoms with Crippen LogP contribution < -0.4 is 5.32 Å². The van der Waals surface area contributed by atoms with E-state index in [0.717, 1.165) is 70.6 Å². The van der Waals surface area contributed by atoms with E-state index in [0.29, 0.717) is 106 Å². The number of carbonyl (C=O) groups is 13. The fourth-order valence-corrected chi connectivity index (χ4v) is 13.9. The zero-order valence-corrected chi connectivity index (χ0v) is 70.7. The highest BCUT2D eigenvalue weighted by molar-refractivity contribution is 5.90. The van der Waals surface area contributed by atoms with Crippen LogP contribution in [-0.2, 0) is 86.0 Å². The number of carbonyl (C=O) groups excluding carboxylic acids is 11. The lowest BCUT2D eigenvalue weighted by Gasteiger charge is -2.25. The van der Waals surface area contributed by atoms with Crippen molar-refractivity contribution in [3.05, 3.63) is 63.3 Å². The van der Waals surface area contributed by atoms with Crippen molar-refractivity contribution < 1.29 is 101 Å². The van der Waals surface area contributed by atoms with Crippen molar-refractivity contribution in [2.24, 2.45) is 82.9 Å². The Kier molecular flexibility index (Phi) is 53.7. The summed E-state index contributed by atoms with van der Waals surface area (Å²) in [5.74, 6) is -0.660. The Morgan fingerprint density at radius 2 is 0.730 bits per heavy atom. The Morgan fingerprint density at radius 3 is 1.06 bits per heavy atom. The molecular formula is C84H142N6O21. The lowest BCUT2D eigenvalue weighted by molar-refractivity contribution is -0.152. The molecule has 27 nitrogen and oxygen atoms in total. The number of esters is 5. The predicted molar refractivity (Wildman–Crippen MR) is 427 cm³/mol. The van der Waals surface area contributed by atoms with Crippen LogP contribution in [0.3, 0.4) is 0 Å². The zero-order chi connectivity index (χ0) is 85.5. The summed E-state index contributed by atoms with van der Waals surface area (Å²) < 4.78 is 23.0. The molecule has 0 aromatic rings. The summed E-state index contributed by atoms with van der Waals surface area (Å²) in [6.07, 6.45) is 19.4. The smallest absolute Gasteiger partial charge is 0.328 e. The topological polar surface area (TPSA) is 357 Å². The zero-order valence-electron chi connectivity index (χ0n) is 70.7. The van der Waals surface area contributed by atoms with Crippen LogP contribution in [0.15, 0.2) is 63.3 Å². The summed E-state index contributed by atoms with van der Waals surface area (Å²) in [6, 6.07) is -1.74. The predicted octanol–water partition coefficient (Wildman–Crippen LogP) is 11.2. The first-order valence-corrected chi connectivity index (χ1v) is 39.4. The van der Waals surface area contributed by atoms with Crippen LogP contribution in [0.1, 0.15) is 206 Å². The fraction of sp³-hybridized carbons (Fsp3) is 0.726. The normalized spacial score (nSPS) is 19.8. The molecule has 4 N–H and O–H groups in total. The number of amides is 6. The molecule has 5 rings (SSSR count). The standard InChI is InChI=1S/2C14H23NO3.C13H21NO3.C12H21NO3.C11H19NO4.C11H19NO3.C9H16O2/c2*1-5-6-12(14(17)18-4)15-8-7-11(13(15)16)9-10(2)3;1-4-5-11(13(16)17)14-7-6-10(12(14)15)8-9(2)3;1-5-6-10(7-9(2)3)12(15)13-8-11(14)16-4;1-7(2)4-8-5-9(13)12(11(8)15)6-10(14)16-3;1-8(2)6-9-4-5-12(11(9)14)7-10(13)15-3;1-4-5-8(9(10)11)6-7(2)3/h2*5,10-12H,1,6-9H2,2-4H3;4,9-11H,1,5-8H2,2-3H3,(H,16,17);5,9-10H,1,6-8H2,2-4H3,(H,13,15);7-9,13H,4-6H2,1-3H3;8-9H,4-7H2,1-3H3;4,7-8H,1,5-6H2,2-3H3,(H,10,11)/t11-,12+;11-,12-;10-,11+;10-;8-,9?;9-;8-/m1111011/s1. The monoisotopic (exact) mass is 1570 g/mol. The third-order valence-corrected chi connectivity index (χ3v) is 19.1. The molecule has 0 spiro atoms. The number of nitrogens with one attached hydrogen (secondary N) is 1. The second-order valence-electron chi connectivity index (χ2n) is 31.8. The highest BCUT2D eigenvalue weighted by Crippen LogP contribution is 2.32. The molecule has 5 heterocycles. The molecule has 11 atom stereocenters. The number of aliphatic carboxylic acids is 2. The number of aliphatic hydroxyl groups excluding tert-OH is 1. The summed E-state index contributed by atoms with van der Waals surface area (Å²) in [5, 5.41) is 30.1. The van der Waals surface area contributed by atoms with Gasteiger partial charge in [-0.3, -0.25) is 47.9 Å². The van der Waals surface area contributed by atoms with Crippen molar-refractivity contribution in [1.82, 2.24) is 29.8 Å². The van der Waals surface area contributed by atoms with Gasteiger partial charge < -0.3 is 68.8 Å². The van der Waals surface area contributed by atoms with Gasteiger partial charge in [0.1, 0.15) is 44.0 Å². The van der Waals surface area contributed by atoms with Crippen molar-refractivity contribution >= 4 is 77.2 Å². The number of aliphatic hydroxyl groups is 1. The van der Waals surface area contributed by atoms with E-state index in [9.17, 15) is 67.4 Å². The lowest BCUT2D eigenvalue weighted by atomic mass is 9.93. The molecule has 6 amide bonds. The summed E-state index contributed by atoms with van der Waals surface area (Å²) in [7, 11) is 6.61. The molecule has 27 heteroatoms. The average molecular weight is 1570 g/mol. The highest BCUT2D eigenvalue weighted by Gasteiger charge is 2.43. The molecule has 5 aliphatic rings. The van der Waals surface area contributed by atoms with Gasteiger partial charge in [-0.1, -0.05) is 127 Å². The van der Waals surface area contributed by atoms with E-state index in [-0.39, 0.29) is 114 Å². The molecule has 5 saturated heterocycles. The Balaban J connectivity index is 0. The summed E-state index contributed by atoms with van der Waals surface area (Å²) in [6.45, 7) is 49.4. The molecule has 0 bridgehead atoms. The number of nitrogens with zero attached hydrogens (tertiary/aromatic N) is 5. The van der Waals surface area contributed by atoms with E-state index in [1.807, 2.05) is 27.7 Å². The summed E-state index contributed by atoms with van der Waals surface area (Å²) >= 11 is 0. The van der Waals surface area contributed by atoms with Crippen molar-refractivity contribution in [1.29, 1.82) is 0 Å². The highest BCUT2D eigenvalue weighted by atomic mass is 16.5. The minimum absolute atomic E-state index is 0.00154. The largest absolute Gasteiger partial charge is 0.481 e. The van der Waals surface area contributed by atoms with Crippen molar-refractivity contribution in [3.63, 3.8) is 0 Å². The van der Waals surface area contributed by atoms with Crippen molar-refractivity contribution in [2.75, 3.05) is 81.4 Å². The number of carboxylic acid groups (broad SMARTS) is 2. The number of ether oxygens (including phenoxy) is 5. The first kappa shape index (κ1) is 105. The fourth-order valence-electron chi connectivity index (χ4n) is 13.9. The van der Waals surface area contributed by atoms with Crippen LogP contribution >= 0.6 is 0 Å². The molecule has 1 unspecified atom stereocenters. The van der Waals surface area contributed by atoms with Crippen molar-refractivity contribution in [2.45, 2.75) is 230 Å². The van der Waals surface area contributed by atoms with Crippen LogP contribution in [-0.4, -0.2) is 223 Å². The molecule has 111 heavy (non-hydrogen) atoms. The Hall–Kier alpha value is -8.23. The maximum atomic E-state index is 12.3. The van der Waals surface area contributed by atoms with E-state index in [1.54, 1.807) is 45.1 Å². The number of hydrogen-bond acceptors (Lipinski definition) is 19. The van der Waals surface area contributed by atoms with Crippen LogP contribution in [0.4, 0.5) is 0 Å². The van der Waals surface area contributed by atoms with Gasteiger partial charge in [-0.05, 0) is 144 Å². The molecule has 5 fully saturated rings. The Bertz CT molecular complexity index is 2880. The summed E-state index contributed by atoms with van der Waals surface area (Å²) in [4.78, 5) is 158. The quantitative estimate of drug-likeness (QED) is 0.0253. The molecule has 0 radical (unpaired) electrons. The minimum Gasteiger partial charge on any atom is -0.481 e. The van der Waals surface area contributed by atoms with Crippen LogP contribution in [0.5, 0.6) is 0 Å². The Labute approximate surface area is 663 Å². The van der Waals surface area contributed by atoms with Gasteiger partial charge in [0.05, 0.1) is 41.5 Å². The maximum absolute atomic E-state index is 12.3. The van der Waals surface area contributed by atoms with Gasteiger partial charge in [0.25, 0.3) is 0 Å². The van der Waals surface area contributed by atoms with Crippen LogP contribution in [0, 0.1) is 82.9 Å². The van der Waals surface area contributed by atoms with Crippen molar-refractivity contribution in [3.8, 4) is 0 Å². The average Bonchev–Trinajstić information content (AvgIpc) is 1.72. The van der Waals surface area contributed by atoms with E-state index < -0.39 is 48.2 Å². The van der Waals surface area contributed by atoms with Gasteiger partial charge in [-0.2, -0.15) is 0 Å². The van der Waals surface area contributed by atoms with Gasteiger partial charge in [0, 0.05) is 68.1 Å². The number of methoxy groups -OCH3 is 5. The van der Waals surface area contributed by atoms with E-state index in [1.165, 1.54) is 45.3 Å². The van der Waals surface area contributed by atoms with Gasteiger partial charge >= 0.3 is 41.8 Å². The van der Waals surface area contributed by atoms with E-state index in [2.05, 4.69) is 122 Å². The third kappa shape index (κ3) is 40.7. The SMILES string of the molecule is C=CC[C@@H](C(=O)O)N1CC[C@H](CC(C)C)C1=O.C=CC[C@@H](C(=O)OC)N1CC[C@H](CC(C)C)C1=O.C=CC[C@H](C(=O)OC)N1CC[C@H](CC(C)C)C1=O.C=CC[C@H](CC(C)C)C(=O)NCC(=O)OC.C=CC[C@H](CC(C)C)C(=O)O.COC(=O)CN1C(=O)[C@@H](CC(C)C)CC1O.COC(=O)CN1CC[C@H](CC(C)C)C1=O. The number of carboxylic acids is 2. The molecular weight excluding hydrogens is 1430 g/mol. The van der Waals surface area contributed by atoms with Gasteiger partial charge in [-0.15, -0.1) is 32.9 Å². The number of hydrogen-bond donors (Lipinski definition) is 4. The second kappa shape index (κ2) is 56.9. The van der Waals surface area contributed by atoms with Gasteiger partial charge in [0.2, 0.25) is 35.4 Å². The van der Waals surface area contributed by atoms with Crippen LogP contribution in [0.25, 0.3) is 0 Å². The third-order valence-electron chi connectivity index (χ3n) is 19.1. The number of allylic oxidation sites excluding steroid dienone is 2. The first-order valence-electron chi connectivity index (χ1n) is 39.4. The lowest BCUT2D eigenvalue weighted by Crippen LogP contribution is -2.43. The molecule has 0 aliphatic carbocycles. The molecule has 0 aromatic carbocycles. The van der Waals surface area contributed by atoms with Gasteiger partial charge in [0.15, 0.2) is 0 Å². The Morgan fingerprint density at radius 1 is 0.405 bits per heavy atom. The molecule has 5 aliphatic heterocycles. The minimum atomic E-state index is -0.941. The molecule has 0 saturated carbocycles. The maximum Gasteiger partial charge on any atom is 0.328 e. The number of likely N-dealkylation sites (tertiary alicyclic amines) is 5. The van der Waals surface area contributed by atoms with Crippen LogP contribution in [0.2, 0.25) is 0 Å². The number of rotatable bonds is 38. The molecule has 0 aromatic heterocycles. The van der Waals surface area contributed by atoms with Gasteiger partial charge in [-0.25, -0.2) is 14.4 Å². The van der Waals surface area contributed by atoms with E-state index in [4.69, 9.17) is 19.7 Å². The second-order valence-corrected chi connectivity index (χ2v) is 31.8.